The Bertz CT molecular complexity index is 1120. The molecule has 1 saturated carbocycles. The molecule has 4 heterocycles. The van der Waals surface area contributed by atoms with Crippen LogP contribution >= 0.6 is 11.6 Å². The third-order valence-corrected chi connectivity index (χ3v) is 7.72. The second-order valence-corrected chi connectivity index (χ2v) is 9.83. The minimum absolute atomic E-state index is 0.168. The van der Waals surface area contributed by atoms with Crippen LogP contribution in [0.25, 0.3) is 5.69 Å². The first-order valence-electron chi connectivity index (χ1n) is 12.3. The number of ether oxygens (including phenoxy) is 3. The Morgan fingerprint density at radius 1 is 0.912 bits per heavy atom. The Hall–Kier alpha value is -2.48. The lowest BCUT2D eigenvalue weighted by atomic mass is 9.86. The van der Waals surface area contributed by atoms with Crippen molar-refractivity contribution < 1.29 is 14.2 Å². The lowest BCUT2D eigenvalue weighted by Crippen LogP contribution is -2.42. The van der Waals surface area contributed by atoms with Crippen LogP contribution in [0.2, 0.25) is 0 Å². The Kier molecular flexibility index (Phi) is 6.01. The summed E-state index contributed by atoms with van der Waals surface area (Å²) >= 11 is 7.12. The molecule has 34 heavy (non-hydrogen) atoms. The van der Waals surface area contributed by atoms with Gasteiger partial charge in [-0.05, 0) is 56.2 Å². The zero-order chi connectivity index (χ0) is 23.0. The Morgan fingerprint density at radius 3 is 2.41 bits per heavy atom. The SMILES string of the molecule is ClC1c2nnc(C3CCC(Oc4ccccn4)CC3)n2-c2ccccc2CC12OCCCCO2. The minimum Gasteiger partial charge on any atom is -0.474 e. The third-order valence-electron chi connectivity index (χ3n) is 7.19. The van der Waals surface area contributed by atoms with Gasteiger partial charge in [-0.2, -0.15) is 0 Å². The van der Waals surface area contributed by atoms with E-state index in [1.165, 1.54) is 0 Å². The molecule has 7 nitrogen and oxygen atoms in total. The predicted molar refractivity (Wildman–Crippen MR) is 127 cm³/mol. The first-order valence-corrected chi connectivity index (χ1v) is 12.7. The largest absolute Gasteiger partial charge is 0.474 e. The highest BCUT2D eigenvalue weighted by Crippen LogP contribution is 2.46. The molecule has 3 aromatic rings. The maximum Gasteiger partial charge on any atom is 0.213 e. The fraction of sp³-hybridized carbons (Fsp3) is 0.500. The summed E-state index contributed by atoms with van der Waals surface area (Å²) in [5.74, 6) is 1.72. The number of alkyl halides is 1. The first-order chi connectivity index (χ1) is 16.7. The zero-order valence-electron chi connectivity index (χ0n) is 19.1. The van der Waals surface area contributed by atoms with Gasteiger partial charge in [-0.1, -0.05) is 24.3 Å². The van der Waals surface area contributed by atoms with Crippen LogP contribution in [0.3, 0.4) is 0 Å². The first kappa shape index (κ1) is 22.0. The van der Waals surface area contributed by atoms with E-state index in [9.17, 15) is 0 Å². The van der Waals surface area contributed by atoms with E-state index in [2.05, 4.69) is 44.0 Å². The maximum atomic E-state index is 7.12. The van der Waals surface area contributed by atoms with E-state index in [1.54, 1.807) is 6.20 Å². The van der Waals surface area contributed by atoms with Gasteiger partial charge in [0.15, 0.2) is 11.6 Å². The van der Waals surface area contributed by atoms with Gasteiger partial charge in [0.2, 0.25) is 5.88 Å². The smallest absolute Gasteiger partial charge is 0.213 e. The average molecular weight is 481 g/mol. The van der Waals surface area contributed by atoms with E-state index in [4.69, 9.17) is 25.8 Å². The molecule has 3 aliphatic rings. The number of para-hydroxylation sites is 1. The Morgan fingerprint density at radius 2 is 1.65 bits per heavy atom. The summed E-state index contributed by atoms with van der Waals surface area (Å²) < 4.78 is 20.9. The van der Waals surface area contributed by atoms with Gasteiger partial charge in [0.1, 0.15) is 17.3 Å². The van der Waals surface area contributed by atoms with Crippen molar-refractivity contribution in [2.45, 2.75) is 68.1 Å². The molecule has 2 aliphatic heterocycles. The van der Waals surface area contributed by atoms with E-state index < -0.39 is 11.2 Å². The van der Waals surface area contributed by atoms with Crippen LogP contribution in [0.15, 0.2) is 48.7 Å². The number of rotatable bonds is 3. The zero-order valence-corrected chi connectivity index (χ0v) is 19.9. The number of nitrogens with zero attached hydrogens (tertiary/aromatic N) is 4. The summed E-state index contributed by atoms with van der Waals surface area (Å²) in [6.45, 7) is 1.26. The van der Waals surface area contributed by atoms with Gasteiger partial charge >= 0.3 is 0 Å². The average Bonchev–Trinajstić information content (AvgIpc) is 3.12. The van der Waals surface area contributed by atoms with Crippen molar-refractivity contribution >= 4 is 11.6 Å². The molecule has 6 rings (SSSR count). The van der Waals surface area contributed by atoms with Crippen molar-refractivity contribution in [3.8, 4) is 11.6 Å². The number of hydrogen-bond acceptors (Lipinski definition) is 6. The topological polar surface area (TPSA) is 71.3 Å². The fourth-order valence-corrected chi connectivity index (χ4v) is 5.77. The molecule has 2 aromatic heterocycles. The van der Waals surface area contributed by atoms with Gasteiger partial charge in [0.25, 0.3) is 0 Å². The maximum absolute atomic E-state index is 7.12. The molecule has 1 aromatic carbocycles. The van der Waals surface area contributed by atoms with E-state index >= 15 is 0 Å². The van der Waals surface area contributed by atoms with E-state index in [0.29, 0.717) is 31.3 Å². The number of aromatic nitrogens is 4. The lowest BCUT2D eigenvalue weighted by Gasteiger charge is -2.34. The van der Waals surface area contributed by atoms with Crippen LogP contribution in [-0.2, 0) is 15.9 Å². The number of halogens is 1. The summed E-state index contributed by atoms with van der Waals surface area (Å²) in [6.07, 6.45) is 8.31. The van der Waals surface area contributed by atoms with Crippen molar-refractivity contribution in [1.82, 2.24) is 19.7 Å². The third kappa shape index (κ3) is 4.00. The summed E-state index contributed by atoms with van der Waals surface area (Å²) in [4.78, 5) is 4.30. The van der Waals surface area contributed by atoms with Gasteiger partial charge in [-0.15, -0.1) is 21.8 Å². The molecule has 1 saturated heterocycles. The monoisotopic (exact) mass is 480 g/mol. The van der Waals surface area contributed by atoms with Crippen LogP contribution in [0, 0.1) is 0 Å². The molecule has 1 unspecified atom stereocenters. The summed E-state index contributed by atoms with van der Waals surface area (Å²) in [6, 6.07) is 14.1. The predicted octanol–water partition coefficient (Wildman–Crippen LogP) is 5.13. The highest BCUT2D eigenvalue weighted by Gasteiger charge is 2.48. The molecule has 1 spiro atoms. The number of benzene rings is 1. The van der Waals surface area contributed by atoms with E-state index in [1.807, 2.05) is 18.2 Å². The Balaban J connectivity index is 1.30. The minimum atomic E-state index is -0.930. The highest BCUT2D eigenvalue weighted by molar-refractivity contribution is 6.21. The van der Waals surface area contributed by atoms with Gasteiger partial charge < -0.3 is 14.2 Å². The van der Waals surface area contributed by atoms with Crippen LogP contribution in [-0.4, -0.2) is 44.9 Å². The van der Waals surface area contributed by atoms with Gasteiger partial charge in [-0.3, -0.25) is 4.57 Å². The van der Waals surface area contributed by atoms with Gasteiger partial charge in [-0.25, -0.2) is 4.98 Å². The molecule has 0 amide bonds. The number of pyridine rings is 1. The summed E-state index contributed by atoms with van der Waals surface area (Å²) in [5.41, 5.74) is 2.21. The van der Waals surface area contributed by atoms with Crippen molar-refractivity contribution in [3.63, 3.8) is 0 Å². The quantitative estimate of drug-likeness (QED) is 0.484. The molecule has 178 valence electrons. The van der Waals surface area contributed by atoms with Crippen molar-refractivity contribution in [3.05, 3.63) is 65.9 Å². The normalized spacial score (nSPS) is 26.2. The van der Waals surface area contributed by atoms with Crippen molar-refractivity contribution in [1.29, 1.82) is 0 Å². The fourth-order valence-electron chi connectivity index (χ4n) is 5.43. The standard InChI is InChI=1S/C26H29ClN4O3/c27-23-25-30-29-24(18-10-12-20(13-11-18)34-22-9-3-4-14-28-22)31(25)21-8-2-1-7-19(21)17-26(23)32-15-5-6-16-33-26/h1-4,7-9,14,18,20,23H,5-6,10-13,15-17H2. The summed E-state index contributed by atoms with van der Waals surface area (Å²) in [7, 11) is 0. The molecular formula is C26H29ClN4O3. The molecule has 2 fully saturated rings. The molecule has 0 N–H and O–H groups in total. The van der Waals surface area contributed by atoms with Gasteiger partial charge in [0, 0.05) is 24.6 Å². The second kappa shape index (κ2) is 9.29. The second-order valence-electron chi connectivity index (χ2n) is 9.40. The van der Waals surface area contributed by atoms with Crippen LogP contribution in [0.1, 0.15) is 67.0 Å². The van der Waals surface area contributed by atoms with E-state index in [0.717, 1.165) is 55.6 Å². The van der Waals surface area contributed by atoms with Crippen LogP contribution < -0.4 is 4.74 Å². The van der Waals surface area contributed by atoms with Gasteiger partial charge in [0.05, 0.1) is 18.9 Å². The molecule has 1 aliphatic carbocycles. The molecule has 1 atom stereocenters. The van der Waals surface area contributed by atoms with Crippen molar-refractivity contribution in [2.75, 3.05) is 13.2 Å². The lowest BCUT2D eigenvalue weighted by molar-refractivity contribution is -0.227. The van der Waals surface area contributed by atoms with Crippen LogP contribution in [0.4, 0.5) is 0 Å². The van der Waals surface area contributed by atoms with Crippen molar-refractivity contribution in [2.24, 2.45) is 0 Å². The molecule has 8 heteroatoms. The number of fused-ring (bicyclic) bond motifs is 3. The highest BCUT2D eigenvalue weighted by atomic mass is 35.5. The Labute approximate surface area is 204 Å². The molecule has 0 radical (unpaired) electrons. The van der Waals surface area contributed by atoms with Crippen LogP contribution in [0.5, 0.6) is 5.88 Å². The molecular weight excluding hydrogens is 452 g/mol. The number of hydrogen-bond donors (Lipinski definition) is 0. The molecule has 0 bridgehead atoms. The summed E-state index contributed by atoms with van der Waals surface area (Å²) in [5, 5.41) is 8.75. The van der Waals surface area contributed by atoms with E-state index in [-0.39, 0.29) is 12.0 Å².